The highest BCUT2D eigenvalue weighted by Gasteiger charge is 2.18. The molecule has 1 aromatic heterocycles. The Morgan fingerprint density at radius 1 is 1.37 bits per heavy atom. The second kappa shape index (κ2) is 6.10. The number of aromatic nitrogens is 2. The Labute approximate surface area is 127 Å². The Morgan fingerprint density at radius 3 is 2.63 bits per heavy atom. The molecule has 0 saturated carbocycles. The van der Waals surface area contributed by atoms with Crippen molar-refractivity contribution in [3.05, 3.63) is 51.8 Å². The zero-order chi connectivity index (χ0) is 14.0. The van der Waals surface area contributed by atoms with E-state index in [1.807, 2.05) is 14.0 Å². The fraction of sp³-hybridized carbons (Fsp3) is 0.400. The van der Waals surface area contributed by atoms with Crippen molar-refractivity contribution in [1.82, 2.24) is 9.78 Å². The molecule has 2 rings (SSSR count). The van der Waals surface area contributed by atoms with Crippen LogP contribution in [0.15, 0.2) is 24.3 Å². The zero-order valence-electron chi connectivity index (χ0n) is 11.5. The van der Waals surface area contributed by atoms with Crippen molar-refractivity contribution >= 4 is 27.5 Å². The zero-order valence-corrected chi connectivity index (χ0v) is 13.8. The van der Waals surface area contributed by atoms with Gasteiger partial charge in [0.05, 0.1) is 5.69 Å². The Hall–Kier alpha value is -0.800. The molecule has 1 heterocycles. The van der Waals surface area contributed by atoms with Gasteiger partial charge >= 0.3 is 0 Å². The number of nitrogens with zero attached hydrogens (tertiary/aromatic N) is 2. The highest BCUT2D eigenvalue weighted by Crippen LogP contribution is 2.28. The van der Waals surface area contributed by atoms with Crippen LogP contribution in [0.3, 0.4) is 0 Å². The third kappa shape index (κ3) is 3.21. The summed E-state index contributed by atoms with van der Waals surface area (Å²) in [5.74, 6) is 0.417. The van der Waals surface area contributed by atoms with Crippen LogP contribution in [0.4, 0.5) is 0 Å². The minimum atomic E-state index is 0.417. The minimum absolute atomic E-state index is 0.417. The predicted octanol–water partition coefficient (Wildman–Crippen LogP) is 4.41. The number of benzene rings is 1. The molecule has 1 unspecified atom stereocenters. The van der Waals surface area contributed by atoms with Crippen molar-refractivity contribution in [1.29, 1.82) is 0 Å². The van der Waals surface area contributed by atoms with Crippen LogP contribution >= 0.6 is 27.5 Å². The highest BCUT2D eigenvalue weighted by molar-refractivity contribution is 9.09. The number of rotatable bonds is 4. The Kier molecular flexibility index (Phi) is 4.69. The molecule has 19 heavy (non-hydrogen) atoms. The van der Waals surface area contributed by atoms with Crippen molar-refractivity contribution in [3.8, 4) is 0 Å². The van der Waals surface area contributed by atoms with Gasteiger partial charge in [-0.3, -0.25) is 4.68 Å². The first-order chi connectivity index (χ1) is 9.02. The molecule has 0 spiro atoms. The van der Waals surface area contributed by atoms with E-state index >= 15 is 0 Å². The number of hydrogen-bond donors (Lipinski definition) is 0. The molecule has 0 saturated heterocycles. The van der Waals surface area contributed by atoms with Crippen molar-refractivity contribution in [2.75, 3.05) is 5.33 Å². The second-order valence-corrected chi connectivity index (χ2v) is 5.95. The van der Waals surface area contributed by atoms with Gasteiger partial charge in [-0.25, -0.2) is 0 Å². The van der Waals surface area contributed by atoms with Gasteiger partial charge < -0.3 is 0 Å². The lowest BCUT2D eigenvalue weighted by Gasteiger charge is -2.15. The highest BCUT2D eigenvalue weighted by atomic mass is 79.9. The van der Waals surface area contributed by atoms with Crippen molar-refractivity contribution in [3.63, 3.8) is 0 Å². The summed E-state index contributed by atoms with van der Waals surface area (Å²) in [4.78, 5) is 0. The van der Waals surface area contributed by atoms with Crippen LogP contribution in [0.2, 0.25) is 5.15 Å². The molecule has 2 aromatic rings. The molecule has 1 aromatic carbocycles. The number of alkyl halides is 1. The summed E-state index contributed by atoms with van der Waals surface area (Å²) in [6, 6.07) is 8.65. The Morgan fingerprint density at radius 2 is 2.11 bits per heavy atom. The molecule has 1 atom stereocenters. The maximum absolute atomic E-state index is 6.32. The largest absolute Gasteiger partial charge is 0.257 e. The molecule has 0 aliphatic heterocycles. The van der Waals surface area contributed by atoms with Crippen molar-refractivity contribution in [2.45, 2.75) is 26.2 Å². The molecule has 0 fully saturated rings. The molecule has 0 N–H and O–H groups in total. The van der Waals surface area contributed by atoms with Gasteiger partial charge in [-0.05, 0) is 31.7 Å². The van der Waals surface area contributed by atoms with Gasteiger partial charge in [0.2, 0.25) is 0 Å². The summed E-state index contributed by atoms with van der Waals surface area (Å²) in [5, 5.41) is 6.04. The summed E-state index contributed by atoms with van der Waals surface area (Å²) < 4.78 is 1.74. The van der Waals surface area contributed by atoms with E-state index in [0.29, 0.717) is 5.92 Å². The first-order valence-corrected chi connectivity index (χ1v) is 7.83. The van der Waals surface area contributed by atoms with Gasteiger partial charge in [0, 0.05) is 17.9 Å². The smallest absolute Gasteiger partial charge is 0.130 e. The third-order valence-electron chi connectivity index (χ3n) is 3.42. The summed E-state index contributed by atoms with van der Waals surface area (Å²) in [6.07, 6.45) is 0.910. The van der Waals surface area contributed by atoms with Gasteiger partial charge in [-0.1, -0.05) is 57.4 Å². The van der Waals surface area contributed by atoms with Crippen LogP contribution in [-0.2, 0) is 13.5 Å². The maximum Gasteiger partial charge on any atom is 0.130 e. The normalized spacial score (nSPS) is 12.7. The molecule has 2 nitrogen and oxygen atoms in total. The van der Waals surface area contributed by atoms with E-state index in [4.69, 9.17) is 11.6 Å². The molecule has 0 aliphatic carbocycles. The molecule has 0 radical (unpaired) electrons. The first kappa shape index (κ1) is 14.6. The number of aryl methyl sites for hydroxylation is 3. The van der Waals surface area contributed by atoms with E-state index in [-0.39, 0.29) is 0 Å². The lowest BCUT2D eigenvalue weighted by atomic mass is 9.93. The molecular formula is C15H18BrClN2. The summed E-state index contributed by atoms with van der Waals surface area (Å²) in [7, 11) is 1.88. The Balaban J connectivity index is 2.29. The summed E-state index contributed by atoms with van der Waals surface area (Å²) in [5.41, 5.74) is 4.80. The van der Waals surface area contributed by atoms with Gasteiger partial charge in [-0.15, -0.1) is 0 Å². The van der Waals surface area contributed by atoms with Crippen LogP contribution in [0.1, 0.15) is 28.3 Å². The monoisotopic (exact) mass is 340 g/mol. The standard InChI is InChI=1S/C15H18BrClN2/c1-10-5-4-6-12(7-10)13(9-16)8-14-11(2)18-19(3)15(14)17/h4-7,13H,8-9H2,1-3H3. The van der Waals surface area contributed by atoms with Crippen molar-refractivity contribution in [2.24, 2.45) is 7.05 Å². The lowest BCUT2D eigenvalue weighted by Crippen LogP contribution is -2.05. The maximum atomic E-state index is 6.32. The number of hydrogen-bond acceptors (Lipinski definition) is 1. The molecule has 0 bridgehead atoms. The predicted molar refractivity (Wildman–Crippen MR) is 84.4 cm³/mol. The molecular weight excluding hydrogens is 324 g/mol. The van der Waals surface area contributed by atoms with E-state index in [1.54, 1.807) is 4.68 Å². The van der Waals surface area contributed by atoms with Gasteiger partial charge in [0.15, 0.2) is 0 Å². The topological polar surface area (TPSA) is 17.8 Å². The number of halogens is 2. The lowest BCUT2D eigenvalue weighted by molar-refractivity contribution is 0.755. The SMILES string of the molecule is Cc1cccc(C(CBr)Cc2c(C)nn(C)c2Cl)c1. The van der Waals surface area contributed by atoms with E-state index in [0.717, 1.165) is 28.2 Å². The molecule has 4 heteroatoms. The van der Waals surface area contributed by atoms with E-state index in [1.165, 1.54) is 11.1 Å². The van der Waals surface area contributed by atoms with Gasteiger partial charge in [0.25, 0.3) is 0 Å². The Bertz CT molecular complexity index is 578. The average Bonchev–Trinajstić information content (AvgIpc) is 2.61. The fourth-order valence-electron chi connectivity index (χ4n) is 2.34. The van der Waals surface area contributed by atoms with E-state index in [9.17, 15) is 0 Å². The van der Waals surface area contributed by atoms with Gasteiger partial charge in [0.1, 0.15) is 5.15 Å². The third-order valence-corrected chi connectivity index (χ3v) is 4.67. The molecule has 0 aliphatic rings. The van der Waals surface area contributed by atoms with E-state index < -0.39 is 0 Å². The second-order valence-electron chi connectivity index (χ2n) is 4.95. The summed E-state index contributed by atoms with van der Waals surface area (Å²) >= 11 is 9.94. The van der Waals surface area contributed by atoms with Gasteiger partial charge in [-0.2, -0.15) is 5.10 Å². The fourth-order valence-corrected chi connectivity index (χ4v) is 3.19. The van der Waals surface area contributed by atoms with Crippen LogP contribution in [0.25, 0.3) is 0 Å². The minimum Gasteiger partial charge on any atom is -0.257 e. The van der Waals surface area contributed by atoms with Crippen LogP contribution in [0, 0.1) is 13.8 Å². The van der Waals surface area contributed by atoms with Crippen molar-refractivity contribution < 1.29 is 0 Å². The average molecular weight is 342 g/mol. The first-order valence-electron chi connectivity index (χ1n) is 6.33. The van der Waals surface area contributed by atoms with Crippen LogP contribution in [-0.4, -0.2) is 15.1 Å². The molecule has 102 valence electrons. The quantitative estimate of drug-likeness (QED) is 0.753. The van der Waals surface area contributed by atoms with E-state index in [2.05, 4.69) is 52.2 Å². The molecule has 0 amide bonds. The van der Waals surface area contributed by atoms with Crippen LogP contribution < -0.4 is 0 Å². The summed E-state index contributed by atoms with van der Waals surface area (Å²) in [6.45, 7) is 4.14. The van der Waals surface area contributed by atoms with Crippen LogP contribution in [0.5, 0.6) is 0 Å².